The van der Waals surface area contributed by atoms with Gasteiger partial charge in [0.2, 0.25) is 11.8 Å². The summed E-state index contributed by atoms with van der Waals surface area (Å²) >= 11 is 0. The van der Waals surface area contributed by atoms with Gasteiger partial charge in [-0.3, -0.25) is 10.3 Å². The van der Waals surface area contributed by atoms with Crippen molar-refractivity contribution in [2.45, 2.75) is 39.8 Å². The molecule has 102 valence electrons. The van der Waals surface area contributed by atoms with Crippen LogP contribution in [0.25, 0.3) is 0 Å². The number of aromatic nitrogens is 2. The number of rotatable bonds is 7. The molecule has 0 saturated heterocycles. The summed E-state index contributed by atoms with van der Waals surface area (Å²) in [7, 11) is 0. The summed E-state index contributed by atoms with van der Waals surface area (Å²) in [4.78, 5) is 10.4. The molecule has 1 rings (SSSR count). The van der Waals surface area contributed by atoms with Gasteiger partial charge >= 0.3 is 0 Å². The maximum atomic E-state index is 5.59. The average Bonchev–Trinajstić information content (AvgIpc) is 2.34. The summed E-state index contributed by atoms with van der Waals surface area (Å²) in [5.41, 5.74) is 2.39. The van der Waals surface area contributed by atoms with Crippen molar-refractivity contribution < 1.29 is 4.74 Å². The van der Waals surface area contributed by atoms with E-state index >= 15 is 0 Å². The largest absolute Gasteiger partial charge is 0.476 e. The Morgan fingerprint density at radius 2 is 2.00 bits per heavy atom. The summed E-state index contributed by atoms with van der Waals surface area (Å²) < 4.78 is 5.59. The second-order valence-corrected chi connectivity index (χ2v) is 4.64. The molecule has 1 aromatic rings. The predicted molar refractivity (Wildman–Crippen MR) is 72.3 cm³/mol. The molecule has 0 aliphatic carbocycles. The molecular weight excluding hydrogens is 230 g/mol. The summed E-state index contributed by atoms with van der Waals surface area (Å²) in [6, 6.07) is 2.72. The molecule has 0 spiro atoms. The third kappa shape index (κ3) is 4.46. The van der Waals surface area contributed by atoms with Gasteiger partial charge < -0.3 is 4.74 Å². The number of hydrazine groups is 1. The number of hydrogen-bond acceptors (Lipinski definition) is 6. The van der Waals surface area contributed by atoms with Gasteiger partial charge in [-0.1, -0.05) is 0 Å². The van der Waals surface area contributed by atoms with Gasteiger partial charge in [0.25, 0.3) is 0 Å². The third-order valence-corrected chi connectivity index (χ3v) is 2.69. The fraction of sp³-hybridized carbons (Fsp3) is 0.667. The van der Waals surface area contributed by atoms with Crippen LogP contribution in [-0.2, 0) is 0 Å². The van der Waals surface area contributed by atoms with E-state index in [0.29, 0.717) is 30.5 Å². The van der Waals surface area contributed by atoms with Crippen molar-refractivity contribution in [2.75, 3.05) is 18.6 Å². The predicted octanol–water partition coefficient (Wildman–Crippen LogP) is 1.26. The first kappa shape index (κ1) is 14.7. The minimum absolute atomic E-state index is 0.358. The Kier molecular flexibility index (Phi) is 5.80. The van der Waals surface area contributed by atoms with Crippen LogP contribution in [0.2, 0.25) is 0 Å². The second-order valence-electron chi connectivity index (χ2n) is 4.64. The van der Waals surface area contributed by atoms with E-state index in [0.717, 1.165) is 6.54 Å². The number of nitrogens with one attached hydrogen (secondary N) is 1. The number of nitrogens with zero attached hydrogens (tertiary/aromatic N) is 3. The molecule has 0 aromatic carbocycles. The number of ether oxygens (including phenoxy) is 1. The zero-order chi connectivity index (χ0) is 13.5. The van der Waals surface area contributed by atoms with Gasteiger partial charge in [-0.2, -0.15) is 4.98 Å². The Morgan fingerprint density at radius 3 is 2.56 bits per heavy atom. The van der Waals surface area contributed by atoms with Gasteiger partial charge in [-0.15, -0.1) is 0 Å². The van der Waals surface area contributed by atoms with Crippen molar-refractivity contribution in [3.05, 3.63) is 12.3 Å². The molecule has 0 unspecified atom stereocenters. The molecule has 0 fully saturated rings. The molecule has 0 bridgehead atoms. The van der Waals surface area contributed by atoms with Gasteiger partial charge in [0.05, 0.1) is 0 Å². The van der Waals surface area contributed by atoms with E-state index in [9.17, 15) is 0 Å². The van der Waals surface area contributed by atoms with Gasteiger partial charge in [-0.25, -0.2) is 10.8 Å². The topological polar surface area (TPSA) is 76.3 Å². The maximum Gasteiger partial charge on any atom is 0.240 e. The highest BCUT2D eigenvalue weighted by molar-refractivity contribution is 5.25. The first-order valence-electron chi connectivity index (χ1n) is 6.22. The van der Waals surface area contributed by atoms with E-state index < -0.39 is 0 Å². The van der Waals surface area contributed by atoms with Crippen molar-refractivity contribution in [3.63, 3.8) is 0 Å². The Labute approximate surface area is 109 Å². The number of nitrogen functional groups attached to an aromatic ring is 1. The number of anilines is 1. The molecular formula is C12H23N5O. The Balaban J connectivity index is 2.44. The molecule has 6 nitrogen and oxygen atoms in total. The van der Waals surface area contributed by atoms with Crippen LogP contribution in [-0.4, -0.2) is 40.1 Å². The molecule has 18 heavy (non-hydrogen) atoms. The first-order chi connectivity index (χ1) is 8.54. The van der Waals surface area contributed by atoms with Crippen LogP contribution in [0.1, 0.15) is 27.7 Å². The lowest BCUT2D eigenvalue weighted by Gasteiger charge is -2.30. The van der Waals surface area contributed by atoms with Gasteiger partial charge in [0.1, 0.15) is 6.61 Å². The van der Waals surface area contributed by atoms with E-state index in [2.05, 4.69) is 48.0 Å². The van der Waals surface area contributed by atoms with Gasteiger partial charge in [0, 0.05) is 30.9 Å². The molecule has 3 N–H and O–H groups in total. The monoisotopic (exact) mass is 253 g/mol. The zero-order valence-corrected chi connectivity index (χ0v) is 11.6. The molecule has 0 aliphatic rings. The minimum atomic E-state index is 0.358. The number of nitrogens with two attached hydrogens (primary N) is 1. The SMILES string of the molecule is CC(C)N(CCOc1ccnc(NN)n1)C(C)C. The van der Waals surface area contributed by atoms with E-state index in [4.69, 9.17) is 10.6 Å². The zero-order valence-electron chi connectivity index (χ0n) is 11.6. The molecule has 0 atom stereocenters. The Morgan fingerprint density at radius 1 is 1.33 bits per heavy atom. The van der Waals surface area contributed by atoms with E-state index in [1.807, 2.05) is 0 Å². The Bertz CT molecular complexity index is 348. The summed E-state index contributed by atoms with van der Waals surface area (Å²) in [6.45, 7) is 10.2. The quantitative estimate of drug-likeness (QED) is 0.563. The van der Waals surface area contributed by atoms with Crippen LogP contribution in [0.4, 0.5) is 5.95 Å². The van der Waals surface area contributed by atoms with Gasteiger partial charge in [0.15, 0.2) is 0 Å². The summed E-state index contributed by atoms with van der Waals surface area (Å²) in [5.74, 6) is 6.13. The molecule has 0 amide bonds. The fourth-order valence-corrected chi connectivity index (χ4v) is 1.86. The molecule has 0 aliphatic heterocycles. The highest BCUT2D eigenvalue weighted by Crippen LogP contribution is 2.09. The standard InChI is InChI=1S/C12H23N5O/c1-9(2)17(10(3)4)7-8-18-11-5-6-14-12(15-11)16-13/h5-6,9-10H,7-8,13H2,1-4H3,(H,14,15,16). The van der Waals surface area contributed by atoms with E-state index in [1.165, 1.54) is 0 Å². The number of hydrogen-bond donors (Lipinski definition) is 2. The third-order valence-electron chi connectivity index (χ3n) is 2.69. The lowest BCUT2D eigenvalue weighted by atomic mass is 10.2. The fourth-order valence-electron chi connectivity index (χ4n) is 1.86. The van der Waals surface area contributed by atoms with E-state index in [1.54, 1.807) is 12.3 Å². The van der Waals surface area contributed by atoms with Crippen molar-refractivity contribution in [3.8, 4) is 5.88 Å². The molecule has 1 heterocycles. The van der Waals surface area contributed by atoms with Crippen LogP contribution >= 0.6 is 0 Å². The minimum Gasteiger partial charge on any atom is -0.476 e. The maximum absolute atomic E-state index is 5.59. The first-order valence-corrected chi connectivity index (χ1v) is 6.22. The van der Waals surface area contributed by atoms with Crippen molar-refractivity contribution in [1.82, 2.24) is 14.9 Å². The summed E-state index contributed by atoms with van der Waals surface area (Å²) in [5, 5.41) is 0. The molecule has 0 saturated carbocycles. The van der Waals surface area contributed by atoms with E-state index in [-0.39, 0.29) is 0 Å². The van der Waals surface area contributed by atoms with Crippen molar-refractivity contribution >= 4 is 5.95 Å². The summed E-state index contributed by atoms with van der Waals surface area (Å²) in [6.07, 6.45) is 1.61. The van der Waals surface area contributed by atoms with Crippen molar-refractivity contribution in [1.29, 1.82) is 0 Å². The van der Waals surface area contributed by atoms with Crippen LogP contribution in [0, 0.1) is 0 Å². The normalized spacial score (nSPS) is 11.3. The smallest absolute Gasteiger partial charge is 0.240 e. The van der Waals surface area contributed by atoms with Crippen LogP contribution in [0.3, 0.4) is 0 Å². The molecule has 6 heteroatoms. The van der Waals surface area contributed by atoms with Gasteiger partial charge in [-0.05, 0) is 27.7 Å². The second kappa shape index (κ2) is 7.13. The average molecular weight is 253 g/mol. The highest BCUT2D eigenvalue weighted by Gasteiger charge is 2.12. The highest BCUT2D eigenvalue weighted by atomic mass is 16.5. The van der Waals surface area contributed by atoms with Crippen LogP contribution in [0.15, 0.2) is 12.3 Å². The lowest BCUT2D eigenvalue weighted by Crippen LogP contribution is -2.39. The molecule has 1 aromatic heterocycles. The molecule has 0 radical (unpaired) electrons. The lowest BCUT2D eigenvalue weighted by molar-refractivity contribution is 0.140. The van der Waals surface area contributed by atoms with Crippen LogP contribution in [0.5, 0.6) is 5.88 Å². The van der Waals surface area contributed by atoms with Crippen molar-refractivity contribution in [2.24, 2.45) is 5.84 Å². The van der Waals surface area contributed by atoms with Crippen LogP contribution < -0.4 is 16.0 Å². The Hall–Kier alpha value is -1.40.